The molecule has 126 valence electrons. The molecule has 0 spiro atoms. The summed E-state index contributed by atoms with van der Waals surface area (Å²) in [6.07, 6.45) is 0. The van der Waals surface area contributed by atoms with Crippen molar-refractivity contribution in [1.82, 2.24) is 9.72 Å². The molecule has 0 radical (unpaired) electrons. The number of nitrogens with one attached hydrogen (secondary N) is 2. The highest BCUT2D eigenvalue weighted by Gasteiger charge is 2.11. The minimum atomic E-state index is -0.355. The second-order valence-electron chi connectivity index (χ2n) is 5.90. The highest BCUT2D eigenvalue weighted by atomic mass is 16.5. The van der Waals surface area contributed by atoms with Crippen molar-refractivity contribution in [2.45, 2.75) is 20.4 Å². The van der Waals surface area contributed by atoms with Crippen LogP contribution in [0.5, 0.6) is 0 Å². The fourth-order valence-corrected chi connectivity index (χ4v) is 3.18. The smallest absolute Gasteiger partial charge is 0.324 e. The molecule has 0 bridgehead atoms. The number of fused-ring (bicyclic) bond motifs is 3. The van der Waals surface area contributed by atoms with Gasteiger partial charge in [-0.1, -0.05) is 23.4 Å². The number of para-hydroxylation sites is 1. The number of benzene rings is 2. The molecule has 2 N–H and O–H groups in total. The third kappa shape index (κ3) is 2.71. The normalized spacial score (nSPS) is 11.1. The Morgan fingerprint density at radius 3 is 2.64 bits per heavy atom. The minimum absolute atomic E-state index is 0.355. The number of hydrogen-bond donors (Lipinski definition) is 2. The third-order valence-corrected chi connectivity index (χ3v) is 4.22. The Hall–Kier alpha value is -3.28. The van der Waals surface area contributed by atoms with Gasteiger partial charge in [0, 0.05) is 40.1 Å². The number of aromatic nitrogens is 2. The number of anilines is 2. The first-order valence-electron chi connectivity index (χ1n) is 8.18. The highest BCUT2D eigenvalue weighted by molar-refractivity contribution is 6.10. The van der Waals surface area contributed by atoms with Crippen molar-refractivity contribution in [2.24, 2.45) is 0 Å². The minimum Gasteiger partial charge on any atom is -0.360 e. The maximum Gasteiger partial charge on any atom is 0.324 e. The van der Waals surface area contributed by atoms with E-state index in [0.717, 1.165) is 23.1 Å². The lowest BCUT2D eigenvalue weighted by Crippen LogP contribution is -2.19. The van der Waals surface area contributed by atoms with Crippen LogP contribution in [0.25, 0.3) is 21.8 Å². The van der Waals surface area contributed by atoms with Gasteiger partial charge >= 0.3 is 6.03 Å². The van der Waals surface area contributed by atoms with Crippen molar-refractivity contribution in [2.75, 3.05) is 10.6 Å². The number of amides is 2. The third-order valence-electron chi connectivity index (χ3n) is 4.22. The fraction of sp³-hybridized carbons (Fsp3) is 0.158. The number of hydrogen-bond acceptors (Lipinski definition) is 3. The molecule has 0 unspecified atom stereocenters. The first-order chi connectivity index (χ1) is 12.2. The summed E-state index contributed by atoms with van der Waals surface area (Å²) >= 11 is 0. The number of rotatable bonds is 3. The molecule has 25 heavy (non-hydrogen) atoms. The molecule has 4 rings (SSSR count). The molecule has 2 heterocycles. The Morgan fingerprint density at radius 1 is 1.08 bits per heavy atom. The summed E-state index contributed by atoms with van der Waals surface area (Å²) in [4.78, 5) is 12.1. The SMILES string of the molecule is CCn1c2ccccc2c2cc(NC(=O)Nc3cc(C)on3)ccc21. The first kappa shape index (κ1) is 15.3. The summed E-state index contributed by atoms with van der Waals surface area (Å²) in [5, 5.41) is 11.5. The summed E-state index contributed by atoms with van der Waals surface area (Å²) in [6, 6.07) is 15.5. The van der Waals surface area contributed by atoms with Gasteiger partial charge in [0.2, 0.25) is 0 Å². The molecule has 0 aliphatic rings. The van der Waals surface area contributed by atoms with Crippen molar-refractivity contribution < 1.29 is 9.32 Å². The van der Waals surface area contributed by atoms with Gasteiger partial charge in [-0.3, -0.25) is 5.32 Å². The predicted octanol–water partition coefficient (Wildman–Crippen LogP) is 4.75. The molecule has 0 atom stereocenters. The number of nitrogens with zero attached hydrogens (tertiary/aromatic N) is 2. The Morgan fingerprint density at radius 2 is 1.88 bits per heavy atom. The van der Waals surface area contributed by atoms with E-state index < -0.39 is 0 Å². The fourth-order valence-electron chi connectivity index (χ4n) is 3.18. The molecule has 6 nitrogen and oxygen atoms in total. The Labute approximate surface area is 144 Å². The lowest BCUT2D eigenvalue weighted by Gasteiger charge is -2.06. The molecule has 4 aromatic rings. The molecular weight excluding hydrogens is 316 g/mol. The number of urea groups is 1. The largest absolute Gasteiger partial charge is 0.360 e. The van der Waals surface area contributed by atoms with Gasteiger partial charge in [-0.25, -0.2) is 4.79 Å². The Balaban J connectivity index is 1.67. The van der Waals surface area contributed by atoms with Crippen LogP contribution in [0.3, 0.4) is 0 Å². The van der Waals surface area contributed by atoms with Gasteiger partial charge in [0.25, 0.3) is 0 Å². The van der Waals surface area contributed by atoms with E-state index in [1.54, 1.807) is 13.0 Å². The molecule has 0 fully saturated rings. The van der Waals surface area contributed by atoms with E-state index >= 15 is 0 Å². The quantitative estimate of drug-likeness (QED) is 0.567. The molecule has 0 aliphatic heterocycles. The van der Waals surface area contributed by atoms with Gasteiger partial charge in [0.15, 0.2) is 5.82 Å². The lowest BCUT2D eigenvalue weighted by molar-refractivity contribution is 0.262. The van der Waals surface area contributed by atoms with E-state index in [1.165, 1.54) is 10.9 Å². The van der Waals surface area contributed by atoms with Crippen LogP contribution >= 0.6 is 0 Å². The van der Waals surface area contributed by atoms with Crippen molar-refractivity contribution in [1.29, 1.82) is 0 Å². The van der Waals surface area contributed by atoms with Gasteiger partial charge in [0.05, 0.1) is 0 Å². The van der Waals surface area contributed by atoms with Gasteiger partial charge < -0.3 is 14.4 Å². The van der Waals surface area contributed by atoms with E-state index in [2.05, 4.69) is 39.4 Å². The summed E-state index contributed by atoms with van der Waals surface area (Å²) in [5.41, 5.74) is 3.07. The van der Waals surface area contributed by atoms with E-state index in [4.69, 9.17) is 4.52 Å². The van der Waals surface area contributed by atoms with Crippen LogP contribution < -0.4 is 10.6 Å². The van der Waals surface area contributed by atoms with Gasteiger partial charge in [-0.05, 0) is 38.1 Å². The summed E-state index contributed by atoms with van der Waals surface area (Å²) in [7, 11) is 0. The lowest BCUT2D eigenvalue weighted by atomic mass is 10.1. The second-order valence-corrected chi connectivity index (χ2v) is 5.90. The number of aryl methyl sites for hydroxylation is 2. The van der Waals surface area contributed by atoms with Gasteiger partial charge in [0.1, 0.15) is 5.76 Å². The second kappa shape index (κ2) is 5.98. The van der Waals surface area contributed by atoms with Crippen LogP contribution in [-0.4, -0.2) is 15.8 Å². The summed E-state index contributed by atoms with van der Waals surface area (Å²) in [5.74, 6) is 1.03. The first-order valence-corrected chi connectivity index (χ1v) is 8.18. The zero-order chi connectivity index (χ0) is 17.4. The van der Waals surface area contributed by atoms with Crippen LogP contribution in [0, 0.1) is 6.92 Å². The molecule has 0 saturated heterocycles. The predicted molar refractivity (Wildman–Crippen MR) is 99.0 cm³/mol. The molecular formula is C19H18N4O2. The van der Waals surface area contributed by atoms with Gasteiger partial charge in [-0.15, -0.1) is 0 Å². The Kier molecular flexibility index (Phi) is 3.65. The van der Waals surface area contributed by atoms with Gasteiger partial charge in [-0.2, -0.15) is 0 Å². The molecule has 2 aromatic heterocycles. The maximum atomic E-state index is 12.1. The molecule has 0 saturated carbocycles. The summed E-state index contributed by atoms with van der Waals surface area (Å²) < 4.78 is 7.21. The topological polar surface area (TPSA) is 72.1 Å². The van der Waals surface area contributed by atoms with Crippen molar-refractivity contribution in [3.63, 3.8) is 0 Å². The Bertz CT molecular complexity index is 1080. The van der Waals surface area contributed by atoms with E-state index in [1.807, 2.05) is 30.3 Å². The molecule has 6 heteroatoms. The number of carbonyl (C=O) groups is 1. The zero-order valence-corrected chi connectivity index (χ0v) is 14.0. The maximum absolute atomic E-state index is 12.1. The van der Waals surface area contributed by atoms with Crippen molar-refractivity contribution in [3.8, 4) is 0 Å². The van der Waals surface area contributed by atoms with Crippen LogP contribution in [0.1, 0.15) is 12.7 Å². The monoisotopic (exact) mass is 334 g/mol. The van der Waals surface area contributed by atoms with E-state index in [0.29, 0.717) is 11.6 Å². The van der Waals surface area contributed by atoms with E-state index in [9.17, 15) is 4.79 Å². The van der Waals surface area contributed by atoms with E-state index in [-0.39, 0.29) is 6.03 Å². The van der Waals surface area contributed by atoms with Crippen molar-refractivity contribution in [3.05, 3.63) is 54.3 Å². The standard InChI is InChI=1S/C19H18N4O2/c1-3-23-16-7-5-4-6-14(16)15-11-13(8-9-17(15)23)20-19(24)21-18-10-12(2)25-22-18/h4-11H,3H2,1-2H3,(H2,20,21,22,24). The average Bonchev–Trinajstić information content (AvgIpc) is 3.15. The van der Waals surface area contributed by atoms with Crippen LogP contribution in [0.15, 0.2) is 53.1 Å². The molecule has 2 amide bonds. The molecule has 0 aliphatic carbocycles. The highest BCUT2D eigenvalue weighted by Crippen LogP contribution is 2.31. The zero-order valence-electron chi connectivity index (χ0n) is 14.0. The molecule has 2 aromatic carbocycles. The summed E-state index contributed by atoms with van der Waals surface area (Å²) in [6.45, 7) is 4.79. The van der Waals surface area contributed by atoms with Crippen LogP contribution in [-0.2, 0) is 6.54 Å². The van der Waals surface area contributed by atoms with Crippen LogP contribution in [0.4, 0.5) is 16.3 Å². The van der Waals surface area contributed by atoms with Crippen LogP contribution in [0.2, 0.25) is 0 Å². The average molecular weight is 334 g/mol. The number of carbonyl (C=O) groups excluding carboxylic acids is 1. The van der Waals surface area contributed by atoms with Crippen molar-refractivity contribution >= 4 is 39.3 Å².